The Balaban J connectivity index is 2.17. The van der Waals surface area contributed by atoms with E-state index in [4.69, 9.17) is 0 Å². The third kappa shape index (κ3) is 3.16. The van der Waals surface area contributed by atoms with Crippen LogP contribution in [-0.2, 0) is 19.6 Å². The smallest absolute Gasteiger partial charge is 0.308 e. The van der Waals surface area contributed by atoms with Crippen molar-refractivity contribution >= 4 is 11.0 Å². The summed E-state index contributed by atoms with van der Waals surface area (Å²) < 4.78 is 41.0. The standard InChI is InChI=1S/C19H17F3N2O/c1-11-8-15-17(9-12(11)2)24(3)18(25)16(23-15)10-13-6-4-5-7-14(13)19(20,21)22/h4-9H,10H2,1-3H3. The van der Waals surface area contributed by atoms with E-state index in [0.29, 0.717) is 11.0 Å². The Hall–Kier alpha value is -2.63. The number of aromatic nitrogens is 2. The van der Waals surface area contributed by atoms with Crippen molar-refractivity contribution in [1.82, 2.24) is 9.55 Å². The SMILES string of the molecule is Cc1cc2nc(Cc3ccccc3C(F)(F)F)c(=O)n(C)c2cc1C. The van der Waals surface area contributed by atoms with Crippen LogP contribution in [0.15, 0.2) is 41.2 Å². The number of fused-ring (bicyclic) bond motifs is 1. The molecule has 0 aliphatic rings. The lowest BCUT2D eigenvalue weighted by Crippen LogP contribution is -2.24. The molecule has 2 aromatic carbocycles. The molecular weight excluding hydrogens is 329 g/mol. The highest BCUT2D eigenvalue weighted by Crippen LogP contribution is 2.32. The molecule has 0 atom stereocenters. The topological polar surface area (TPSA) is 34.9 Å². The predicted molar refractivity (Wildman–Crippen MR) is 90.7 cm³/mol. The van der Waals surface area contributed by atoms with Crippen LogP contribution in [0.1, 0.15) is 27.9 Å². The summed E-state index contributed by atoms with van der Waals surface area (Å²) in [6, 6.07) is 8.99. The molecule has 25 heavy (non-hydrogen) atoms. The van der Waals surface area contributed by atoms with E-state index in [1.807, 2.05) is 26.0 Å². The van der Waals surface area contributed by atoms with Crippen LogP contribution in [0, 0.1) is 13.8 Å². The van der Waals surface area contributed by atoms with Crippen molar-refractivity contribution < 1.29 is 13.2 Å². The van der Waals surface area contributed by atoms with Gasteiger partial charge in [0.15, 0.2) is 0 Å². The zero-order valence-electron chi connectivity index (χ0n) is 14.1. The molecule has 0 aliphatic carbocycles. The van der Waals surface area contributed by atoms with Gasteiger partial charge >= 0.3 is 6.18 Å². The van der Waals surface area contributed by atoms with E-state index in [2.05, 4.69) is 4.98 Å². The fraction of sp³-hybridized carbons (Fsp3) is 0.263. The van der Waals surface area contributed by atoms with Crippen LogP contribution in [0.4, 0.5) is 13.2 Å². The molecule has 0 bridgehead atoms. The third-order valence-corrected chi connectivity index (χ3v) is 4.44. The molecule has 130 valence electrons. The maximum absolute atomic E-state index is 13.2. The average molecular weight is 346 g/mol. The van der Waals surface area contributed by atoms with Gasteiger partial charge in [-0.15, -0.1) is 0 Å². The van der Waals surface area contributed by atoms with Gasteiger partial charge in [-0.05, 0) is 48.7 Å². The van der Waals surface area contributed by atoms with Crippen molar-refractivity contribution in [3.8, 4) is 0 Å². The summed E-state index contributed by atoms with van der Waals surface area (Å²) in [5.74, 6) is 0. The lowest BCUT2D eigenvalue weighted by Gasteiger charge is -2.14. The molecule has 6 heteroatoms. The summed E-state index contributed by atoms with van der Waals surface area (Å²) in [6.07, 6.45) is -4.63. The Labute approximate surface area is 142 Å². The van der Waals surface area contributed by atoms with Crippen molar-refractivity contribution in [2.24, 2.45) is 7.05 Å². The van der Waals surface area contributed by atoms with E-state index >= 15 is 0 Å². The fourth-order valence-corrected chi connectivity index (χ4v) is 2.89. The van der Waals surface area contributed by atoms with E-state index in [-0.39, 0.29) is 23.2 Å². The molecule has 1 heterocycles. The van der Waals surface area contributed by atoms with Gasteiger partial charge < -0.3 is 4.57 Å². The van der Waals surface area contributed by atoms with Gasteiger partial charge in [0.1, 0.15) is 5.69 Å². The molecule has 0 N–H and O–H groups in total. The molecule has 3 rings (SSSR count). The minimum absolute atomic E-state index is 0.0442. The van der Waals surface area contributed by atoms with Crippen LogP contribution < -0.4 is 5.56 Å². The second kappa shape index (κ2) is 6.02. The first kappa shape index (κ1) is 17.2. The van der Waals surface area contributed by atoms with Crippen molar-refractivity contribution in [2.45, 2.75) is 26.4 Å². The van der Waals surface area contributed by atoms with E-state index in [9.17, 15) is 18.0 Å². The first-order chi connectivity index (χ1) is 11.7. The summed E-state index contributed by atoms with van der Waals surface area (Å²) in [5, 5.41) is 0. The maximum Gasteiger partial charge on any atom is 0.416 e. The highest BCUT2D eigenvalue weighted by Gasteiger charge is 2.33. The summed E-state index contributed by atoms with van der Waals surface area (Å²) in [5.41, 5.74) is 2.34. The second-order valence-corrected chi connectivity index (χ2v) is 6.18. The summed E-state index contributed by atoms with van der Waals surface area (Å²) in [7, 11) is 1.61. The summed E-state index contributed by atoms with van der Waals surface area (Å²) in [4.78, 5) is 16.9. The molecule has 1 aromatic heterocycles. The normalized spacial score (nSPS) is 11.9. The zero-order valence-corrected chi connectivity index (χ0v) is 14.1. The van der Waals surface area contributed by atoms with E-state index in [1.165, 1.54) is 22.8 Å². The molecule has 0 spiro atoms. The number of halogens is 3. The molecule has 3 nitrogen and oxygen atoms in total. The molecule has 0 aliphatic heterocycles. The molecule has 3 aromatic rings. The monoisotopic (exact) mass is 346 g/mol. The molecule has 0 fully saturated rings. The van der Waals surface area contributed by atoms with Crippen LogP contribution in [0.2, 0.25) is 0 Å². The molecule has 0 radical (unpaired) electrons. The highest BCUT2D eigenvalue weighted by molar-refractivity contribution is 5.77. The number of benzene rings is 2. The van der Waals surface area contributed by atoms with Crippen molar-refractivity contribution in [1.29, 1.82) is 0 Å². The van der Waals surface area contributed by atoms with Crippen molar-refractivity contribution in [2.75, 3.05) is 0 Å². The van der Waals surface area contributed by atoms with Gasteiger partial charge in [-0.25, -0.2) is 4.98 Å². The lowest BCUT2D eigenvalue weighted by atomic mass is 10.0. The maximum atomic E-state index is 13.2. The number of rotatable bonds is 2. The number of alkyl halides is 3. The fourth-order valence-electron chi connectivity index (χ4n) is 2.89. The summed E-state index contributed by atoms with van der Waals surface area (Å²) in [6.45, 7) is 3.87. The highest BCUT2D eigenvalue weighted by atomic mass is 19.4. The number of aryl methyl sites for hydroxylation is 3. The Morgan fingerprint density at radius 3 is 2.40 bits per heavy atom. The van der Waals surface area contributed by atoms with Crippen LogP contribution in [0.3, 0.4) is 0 Å². The van der Waals surface area contributed by atoms with Crippen LogP contribution in [0.25, 0.3) is 11.0 Å². The van der Waals surface area contributed by atoms with Gasteiger partial charge in [-0.1, -0.05) is 18.2 Å². The molecule has 0 amide bonds. The second-order valence-electron chi connectivity index (χ2n) is 6.18. The Morgan fingerprint density at radius 1 is 1.08 bits per heavy atom. The van der Waals surface area contributed by atoms with Gasteiger partial charge in [0.25, 0.3) is 5.56 Å². The number of nitrogens with zero attached hydrogens (tertiary/aromatic N) is 2. The molecule has 0 unspecified atom stereocenters. The average Bonchev–Trinajstić information content (AvgIpc) is 2.54. The Kier molecular flexibility index (Phi) is 4.14. The zero-order chi connectivity index (χ0) is 18.4. The number of hydrogen-bond acceptors (Lipinski definition) is 2. The van der Waals surface area contributed by atoms with E-state index < -0.39 is 11.7 Å². The lowest BCUT2D eigenvalue weighted by molar-refractivity contribution is -0.138. The molecule has 0 saturated carbocycles. The van der Waals surface area contributed by atoms with Crippen molar-refractivity contribution in [3.63, 3.8) is 0 Å². The first-order valence-corrected chi connectivity index (χ1v) is 7.80. The Bertz CT molecular complexity index is 1020. The minimum Gasteiger partial charge on any atom is -0.308 e. The molecule has 0 saturated heterocycles. The van der Waals surface area contributed by atoms with Gasteiger partial charge in [0, 0.05) is 13.5 Å². The van der Waals surface area contributed by atoms with Crippen LogP contribution >= 0.6 is 0 Å². The largest absolute Gasteiger partial charge is 0.416 e. The Morgan fingerprint density at radius 2 is 1.72 bits per heavy atom. The third-order valence-electron chi connectivity index (χ3n) is 4.44. The van der Waals surface area contributed by atoms with Crippen LogP contribution in [0.5, 0.6) is 0 Å². The first-order valence-electron chi connectivity index (χ1n) is 7.80. The van der Waals surface area contributed by atoms with Crippen molar-refractivity contribution in [3.05, 3.63) is 74.7 Å². The predicted octanol–water partition coefficient (Wildman–Crippen LogP) is 4.16. The van der Waals surface area contributed by atoms with Gasteiger partial charge in [-0.3, -0.25) is 4.79 Å². The molecular formula is C19H17F3N2O. The van der Waals surface area contributed by atoms with E-state index in [0.717, 1.165) is 17.2 Å². The van der Waals surface area contributed by atoms with E-state index in [1.54, 1.807) is 7.05 Å². The van der Waals surface area contributed by atoms with Crippen LogP contribution in [-0.4, -0.2) is 9.55 Å². The number of hydrogen-bond donors (Lipinski definition) is 0. The summed E-state index contributed by atoms with van der Waals surface area (Å²) >= 11 is 0. The van der Waals surface area contributed by atoms with Gasteiger partial charge in [-0.2, -0.15) is 13.2 Å². The minimum atomic E-state index is -4.47. The van der Waals surface area contributed by atoms with Gasteiger partial charge in [0.05, 0.1) is 16.6 Å². The quantitative estimate of drug-likeness (QED) is 0.698. The van der Waals surface area contributed by atoms with Gasteiger partial charge in [0.2, 0.25) is 0 Å².